The molecule has 0 heterocycles. The lowest BCUT2D eigenvalue weighted by molar-refractivity contribution is -0.118. The number of carbonyl (C=O) groups is 2. The van der Waals surface area contributed by atoms with Crippen LogP contribution in [0.25, 0.3) is 0 Å². The summed E-state index contributed by atoms with van der Waals surface area (Å²) < 4.78 is 6.10. The van der Waals surface area contributed by atoms with Crippen LogP contribution >= 0.6 is 0 Å². The van der Waals surface area contributed by atoms with Gasteiger partial charge in [0.1, 0.15) is 6.10 Å². The van der Waals surface area contributed by atoms with Crippen LogP contribution in [0, 0.1) is 28.6 Å². The first-order valence-electron chi connectivity index (χ1n) is 11.4. The van der Waals surface area contributed by atoms with Gasteiger partial charge in [-0.05, 0) is 86.3 Å². The fourth-order valence-electron chi connectivity index (χ4n) is 7.48. The second kappa shape index (κ2) is 6.82. The molecule has 6 atom stereocenters. The van der Waals surface area contributed by atoms with Crippen molar-refractivity contribution in [2.24, 2.45) is 28.6 Å². The van der Waals surface area contributed by atoms with Gasteiger partial charge in [-0.25, -0.2) is 4.79 Å². The predicted octanol–water partition coefficient (Wildman–Crippen LogP) is 5.74. The van der Waals surface area contributed by atoms with E-state index in [1.807, 2.05) is 36.4 Å². The van der Waals surface area contributed by atoms with E-state index in [9.17, 15) is 9.59 Å². The van der Waals surface area contributed by atoms with Crippen LogP contribution in [-0.2, 0) is 9.53 Å². The summed E-state index contributed by atoms with van der Waals surface area (Å²) in [5.41, 5.74) is 2.37. The Balaban J connectivity index is 1.37. The minimum absolute atomic E-state index is 0.0267. The van der Waals surface area contributed by atoms with Crippen LogP contribution in [0.2, 0.25) is 0 Å². The highest BCUT2D eigenvalue weighted by atomic mass is 16.5. The van der Waals surface area contributed by atoms with Gasteiger partial charge in [-0.15, -0.1) is 0 Å². The minimum atomic E-state index is -0.175. The number of hydrogen-bond donors (Lipinski definition) is 0. The number of esters is 1. The Bertz CT molecular complexity index is 856. The molecule has 0 unspecified atom stereocenters. The molecule has 0 bridgehead atoms. The average molecular weight is 393 g/mol. The van der Waals surface area contributed by atoms with Gasteiger partial charge in [0.05, 0.1) is 5.56 Å². The smallest absolute Gasteiger partial charge is 0.338 e. The van der Waals surface area contributed by atoms with Crippen molar-refractivity contribution in [3.63, 3.8) is 0 Å². The zero-order valence-corrected chi connectivity index (χ0v) is 17.7. The van der Waals surface area contributed by atoms with Crippen LogP contribution in [0.5, 0.6) is 0 Å². The zero-order chi connectivity index (χ0) is 20.2. The lowest BCUT2D eigenvalue weighted by atomic mass is 9.47. The largest absolute Gasteiger partial charge is 0.458 e. The number of carbonyl (C=O) groups excluding carboxylic acids is 2. The zero-order valence-electron chi connectivity index (χ0n) is 17.7. The molecule has 3 saturated carbocycles. The molecule has 154 valence electrons. The summed E-state index contributed by atoms with van der Waals surface area (Å²) in [4.78, 5) is 24.7. The lowest BCUT2D eigenvalue weighted by Crippen LogP contribution is -2.51. The molecule has 0 aliphatic heterocycles. The Morgan fingerprint density at radius 2 is 1.76 bits per heavy atom. The Kier molecular flexibility index (Phi) is 4.49. The van der Waals surface area contributed by atoms with Gasteiger partial charge in [-0.2, -0.15) is 0 Å². The van der Waals surface area contributed by atoms with Gasteiger partial charge in [0, 0.05) is 11.8 Å². The van der Waals surface area contributed by atoms with Gasteiger partial charge in [-0.3, -0.25) is 4.79 Å². The van der Waals surface area contributed by atoms with Gasteiger partial charge in [0.25, 0.3) is 0 Å². The molecule has 0 radical (unpaired) electrons. The maximum atomic E-state index is 12.7. The first-order valence-corrected chi connectivity index (χ1v) is 11.4. The SMILES string of the molecule is C[C@]12CC[C@@H]3[C@H](CCC4=CC(=O)CC[C@@]43C)[C@H]1CC[C@H]2OC(=O)c1ccccc1. The van der Waals surface area contributed by atoms with Crippen molar-refractivity contribution in [2.75, 3.05) is 0 Å². The van der Waals surface area contributed by atoms with Crippen molar-refractivity contribution in [1.82, 2.24) is 0 Å². The molecular weight excluding hydrogens is 360 g/mol. The number of ketones is 1. The molecule has 0 saturated heterocycles. The fraction of sp³-hybridized carbons (Fsp3) is 0.615. The lowest BCUT2D eigenvalue weighted by Gasteiger charge is -2.57. The molecule has 3 nitrogen and oxygen atoms in total. The quantitative estimate of drug-likeness (QED) is 0.603. The molecule has 3 heteroatoms. The molecule has 5 rings (SSSR count). The van der Waals surface area contributed by atoms with E-state index in [0.29, 0.717) is 35.5 Å². The van der Waals surface area contributed by atoms with E-state index in [4.69, 9.17) is 4.74 Å². The van der Waals surface area contributed by atoms with Crippen LogP contribution in [-0.4, -0.2) is 17.9 Å². The normalized spacial score (nSPS) is 41.0. The van der Waals surface area contributed by atoms with Crippen LogP contribution in [0.1, 0.15) is 75.6 Å². The molecule has 0 amide bonds. The van der Waals surface area contributed by atoms with Crippen LogP contribution in [0.15, 0.2) is 42.0 Å². The maximum absolute atomic E-state index is 12.7. The van der Waals surface area contributed by atoms with Crippen LogP contribution in [0.3, 0.4) is 0 Å². The first-order chi connectivity index (χ1) is 13.9. The number of fused-ring (bicyclic) bond motifs is 5. The van der Waals surface area contributed by atoms with Crippen molar-refractivity contribution >= 4 is 11.8 Å². The molecule has 1 aromatic carbocycles. The topological polar surface area (TPSA) is 43.4 Å². The van der Waals surface area contributed by atoms with E-state index in [0.717, 1.165) is 25.7 Å². The number of allylic oxidation sites excluding steroid dienone is 1. The van der Waals surface area contributed by atoms with E-state index in [-0.39, 0.29) is 22.9 Å². The molecule has 0 N–H and O–H groups in total. The standard InChI is InChI=1S/C26H32O3/c1-25-14-12-19(27)16-18(25)8-9-20-21-10-11-23(26(21,2)15-13-22(20)25)29-24(28)17-6-4-3-5-7-17/h3-7,16,20-23H,8-15H2,1-2H3/t20-,21-,22-,23-,25+,26+/m1/s1. The molecule has 4 aliphatic rings. The van der Waals surface area contributed by atoms with Crippen molar-refractivity contribution in [2.45, 2.75) is 71.3 Å². The Morgan fingerprint density at radius 3 is 2.55 bits per heavy atom. The number of ether oxygens (including phenoxy) is 1. The summed E-state index contributed by atoms with van der Waals surface area (Å²) in [5, 5.41) is 0. The number of benzene rings is 1. The molecule has 4 aliphatic carbocycles. The van der Waals surface area contributed by atoms with E-state index < -0.39 is 0 Å². The third kappa shape index (κ3) is 2.92. The third-order valence-corrected chi connectivity index (χ3v) is 9.13. The van der Waals surface area contributed by atoms with Gasteiger partial charge in [0.15, 0.2) is 5.78 Å². The molecule has 0 spiro atoms. The molecule has 29 heavy (non-hydrogen) atoms. The Labute approximate surface area is 173 Å². The van der Waals surface area contributed by atoms with Crippen molar-refractivity contribution in [3.8, 4) is 0 Å². The highest BCUT2D eigenvalue weighted by Gasteiger charge is 2.59. The van der Waals surface area contributed by atoms with Gasteiger partial charge < -0.3 is 4.74 Å². The molecule has 0 aromatic heterocycles. The fourth-order valence-corrected chi connectivity index (χ4v) is 7.48. The summed E-state index contributed by atoms with van der Waals surface area (Å²) in [6.07, 6.45) is 10.5. The van der Waals surface area contributed by atoms with E-state index in [1.54, 1.807) is 0 Å². The second-order valence-corrected chi connectivity index (χ2v) is 10.4. The van der Waals surface area contributed by atoms with Gasteiger partial charge in [-0.1, -0.05) is 37.6 Å². The van der Waals surface area contributed by atoms with Gasteiger partial charge in [0.2, 0.25) is 0 Å². The highest BCUT2D eigenvalue weighted by Crippen LogP contribution is 2.65. The summed E-state index contributed by atoms with van der Waals surface area (Å²) in [6.45, 7) is 4.80. The first kappa shape index (κ1) is 19.1. The predicted molar refractivity (Wildman–Crippen MR) is 112 cm³/mol. The maximum Gasteiger partial charge on any atom is 0.338 e. The van der Waals surface area contributed by atoms with Crippen LogP contribution < -0.4 is 0 Å². The number of hydrogen-bond acceptors (Lipinski definition) is 3. The van der Waals surface area contributed by atoms with Crippen molar-refractivity contribution < 1.29 is 14.3 Å². The Hall–Kier alpha value is -1.90. The molecule has 3 fully saturated rings. The average Bonchev–Trinajstić information content (AvgIpc) is 3.05. The van der Waals surface area contributed by atoms with Gasteiger partial charge >= 0.3 is 5.97 Å². The monoisotopic (exact) mass is 392 g/mol. The van der Waals surface area contributed by atoms with Crippen molar-refractivity contribution in [1.29, 1.82) is 0 Å². The summed E-state index contributed by atoms with van der Waals surface area (Å²) in [5.74, 6) is 2.16. The van der Waals surface area contributed by atoms with Crippen LogP contribution in [0.4, 0.5) is 0 Å². The summed E-state index contributed by atoms with van der Waals surface area (Å²) >= 11 is 0. The summed E-state index contributed by atoms with van der Waals surface area (Å²) in [7, 11) is 0. The molecule has 1 aromatic rings. The second-order valence-electron chi connectivity index (χ2n) is 10.4. The van der Waals surface area contributed by atoms with E-state index in [1.165, 1.54) is 24.8 Å². The third-order valence-electron chi connectivity index (χ3n) is 9.13. The van der Waals surface area contributed by atoms with E-state index in [2.05, 4.69) is 13.8 Å². The molecular formula is C26H32O3. The number of rotatable bonds is 2. The Morgan fingerprint density at radius 1 is 0.966 bits per heavy atom. The summed E-state index contributed by atoms with van der Waals surface area (Å²) in [6, 6.07) is 9.39. The minimum Gasteiger partial charge on any atom is -0.458 e. The highest BCUT2D eigenvalue weighted by molar-refractivity contribution is 5.91. The van der Waals surface area contributed by atoms with Crippen molar-refractivity contribution in [3.05, 3.63) is 47.5 Å². The van der Waals surface area contributed by atoms with E-state index >= 15 is 0 Å².